The highest BCUT2D eigenvalue weighted by atomic mass is 16.5. The summed E-state index contributed by atoms with van der Waals surface area (Å²) in [4.78, 5) is 24.3. The summed E-state index contributed by atoms with van der Waals surface area (Å²) in [6, 6.07) is 25.5. The molecule has 0 aliphatic carbocycles. The molecule has 0 bridgehead atoms. The molecule has 31 heavy (non-hydrogen) atoms. The lowest BCUT2D eigenvalue weighted by molar-refractivity contribution is -0.128. The molecule has 5 aromatic rings. The molecule has 5 aromatic carbocycles. The number of rotatable bonds is 5. The van der Waals surface area contributed by atoms with Crippen LogP contribution in [0.15, 0.2) is 97.6 Å². The quantitative estimate of drug-likeness (QED) is 0.110. The van der Waals surface area contributed by atoms with Crippen molar-refractivity contribution in [3.8, 4) is 5.75 Å². The van der Waals surface area contributed by atoms with E-state index in [0.717, 1.165) is 27.8 Å². The smallest absolute Gasteiger partial charge is 0.335 e. The molecule has 0 saturated carbocycles. The molecular weight excluding hydrogens is 384 g/mol. The Morgan fingerprint density at radius 1 is 0.742 bits per heavy atom. The second-order valence-electron chi connectivity index (χ2n) is 7.36. The van der Waals surface area contributed by atoms with Crippen molar-refractivity contribution in [1.29, 1.82) is 0 Å². The highest BCUT2D eigenvalue weighted by Gasteiger charge is 2.13. The van der Waals surface area contributed by atoms with Gasteiger partial charge in [-0.1, -0.05) is 73.3 Å². The minimum Gasteiger partial charge on any atom is -0.423 e. The van der Waals surface area contributed by atoms with Crippen molar-refractivity contribution in [3.63, 3.8) is 0 Å². The minimum atomic E-state index is -0.507. The van der Waals surface area contributed by atoms with Gasteiger partial charge in [-0.2, -0.15) is 0 Å². The maximum absolute atomic E-state index is 13.0. The van der Waals surface area contributed by atoms with Crippen LogP contribution in [0, 0.1) is 0 Å². The van der Waals surface area contributed by atoms with E-state index in [9.17, 15) is 9.59 Å². The highest BCUT2D eigenvalue weighted by molar-refractivity contribution is 6.27. The number of hydrogen-bond donors (Lipinski definition) is 0. The first-order valence-electron chi connectivity index (χ1n) is 9.97. The summed E-state index contributed by atoms with van der Waals surface area (Å²) in [5.74, 6) is -0.132. The monoisotopic (exact) mass is 402 g/mol. The maximum Gasteiger partial charge on any atom is 0.335 e. The molecule has 0 saturated heterocycles. The molecule has 0 heterocycles. The molecule has 0 radical (unpaired) electrons. The number of ether oxygens (including phenoxy) is 1. The Labute approximate surface area is 179 Å². The second-order valence-corrected chi connectivity index (χ2v) is 7.36. The summed E-state index contributed by atoms with van der Waals surface area (Å²) in [7, 11) is 0. The van der Waals surface area contributed by atoms with Gasteiger partial charge < -0.3 is 4.74 Å². The SMILES string of the molecule is C=CC(=O)Oc1ccc(/C=C/C(=O)c2ccc3ccc4cccc5ccc2c3c45)cc1. The molecule has 0 N–H and O–H groups in total. The Kier molecular flexibility index (Phi) is 4.57. The van der Waals surface area contributed by atoms with Gasteiger partial charge in [-0.25, -0.2) is 4.79 Å². The summed E-state index contributed by atoms with van der Waals surface area (Å²) >= 11 is 0. The Balaban J connectivity index is 1.50. The van der Waals surface area contributed by atoms with E-state index in [2.05, 4.69) is 43.0 Å². The molecule has 3 heteroatoms. The van der Waals surface area contributed by atoms with E-state index >= 15 is 0 Å². The number of carbonyl (C=O) groups is 2. The van der Waals surface area contributed by atoms with Crippen molar-refractivity contribution in [2.75, 3.05) is 0 Å². The van der Waals surface area contributed by atoms with Gasteiger partial charge in [-0.05, 0) is 62.2 Å². The number of ketones is 1. The average Bonchev–Trinajstić information content (AvgIpc) is 2.81. The summed E-state index contributed by atoms with van der Waals surface area (Å²) in [5.41, 5.74) is 1.52. The molecule has 148 valence electrons. The second kappa shape index (κ2) is 7.54. The van der Waals surface area contributed by atoms with Gasteiger partial charge in [-0.15, -0.1) is 0 Å². The van der Waals surface area contributed by atoms with Gasteiger partial charge in [0, 0.05) is 11.6 Å². The number of carbonyl (C=O) groups excluding carboxylic acids is 2. The highest BCUT2D eigenvalue weighted by Crippen LogP contribution is 2.36. The van der Waals surface area contributed by atoms with Gasteiger partial charge in [-0.3, -0.25) is 4.79 Å². The van der Waals surface area contributed by atoms with Gasteiger partial charge in [0.25, 0.3) is 0 Å². The summed E-state index contributed by atoms with van der Waals surface area (Å²) in [6.45, 7) is 3.38. The normalized spacial score (nSPS) is 11.5. The van der Waals surface area contributed by atoms with Crippen molar-refractivity contribution in [1.82, 2.24) is 0 Å². The fraction of sp³-hybridized carbons (Fsp3) is 0. The van der Waals surface area contributed by atoms with E-state index in [1.807, 2.05) is 18.2 Å². The van der Waals surface area contributed by atoms with Crippen LogP contribution in [0.25, 0.3) is 38.4 Å². The van der Waals surface area contributed by atoms with Gasteiger partial charge in [0.1, 0.15) is 5.75 Å². The van der Waals surface area contributed by atoms with Crippen molar-refractivity contribution >= 4 is 50.1 Å². The fourth-order valence-corrected chi connectivity index (χ4v) is 4.02. The predicted molar refractivity (Wildman–Crippen MR) is 126 cm³/mol. The van der Waals surface area contributed by atoms with Crippen LogP contribution in [0.2, 0.25) is 0 Å². The van der Waals surface area contributed by atoms with Crippen LogP contribution >= 0.6 is 0 Å². The maximum atomic E-state index is 13.0. The minimum absolute atomic E-state index is 0.0555. The van der Waals surface area contributed by atoms with Crippen LogP contribution in [0.1, 0.15) is 15.9 Å². The number of allylic oxidation sites excluding steroid dienone is 1. The molecule has 0 amide bonds. The lowest BCUT2D eigenvalue weighted by atomic mass is 9.91. The molecule has 0 atom stereocenters. The van der Waals surface area contributed by atoms with Crippen LogP contribution in [0.5, 0.6) is 5.75 Å². The molecule has 5 rings (SSSR count). The van der Waals surface area contributed by atoms with E-state index < -0.39 is 5.97 Å². The lowest BCUT2D eigenvalue weighted by Crippen LogP contribution is -2.02. The molecule has 0 spiro atoms. The molecule has 0 unspecified atom stereocenters. The van der Waals surface area contributed by atoms with Crippen molar-refractivity contribution in [2.24, 2.45) is 0 Å². The predicted octanol–water partition coefficient (Wildman–Crippen LogP) is 6.57. The molecule has 0 aromatic heterocycles. The van der Waals surface area contributed by atoms with Gasteiger partial charge in [0.15, 0.2) is 5.78 Å². The number of hydrogen-bond acceptors (Lipinski definition) is 3. The zero-order valence-corrected chi connectivity index (χ0v) is 16.7. The van der Waals surface area contributed by atoms with Crippen molar-refractivity contribution < 1.29 is 14.3 Å². The van der Waals surface area contributed by atoms with E-state index in [1.54, 1.807) is 36.4 Å². The van der Waals surface area contributed by atoms with E-state index in [-0.39, 0.29) is 5.78 Å². The van der Waals surface area contributed by atoms with Crippen LogP contribution in [-0.2, 0) is 4.79 Å². The zero-order chi connectivity index (χ0) is 21.4. The Bertz CT molecular complexity index is 1470. The van der Waals surface area contributed by atoms with Crippen LogP contribution in [0.4, 0.5) is 0 Å². The fourth-order valence-electron chi connectivity index (χ4n) is 4.02. The molecule has 0 aliphatic rings. The molecule has 0 aliphatic heterocycles. The lowest BCUT2D eigenvalue weighted by Gasteiger charge is -2.12. The van der Waals surface area contributed by atoms with E-state index in [4.69, 9.17) is 4.74 Å². The van der Waals surface area contributed by atoms with Gasteiger partial charge in [0.2, 0.25) is 0 Å². The third-order valence-corrected chi connectivity index (χ3v) is 5.49. The Morgan fingerprint density at radius 3 is 2.10 bits per heavy atom. The standard InChI is InChI=1S/C28H18O3/c1-2-26(30)31-22-13-6-18(7-14-22)8-17-25(29)23-15-11-21-10-9-19-4-3-5-20-12-16-24(23)28(21)27(19)20/h2-17H,1H2/b17-8+. The van der Waals surface area contributed by atoms with Gasteiger partial charge in [0.05, 0.1) is 0 Å². The van der Waals surface area contributed by atoms with Crippen LogP contribution < -0.4 is 4.74 Å². The number of benzene rings is 5. The van der Waals surface area contributed by atoms with Crippen LogP contribution in [-0.4, -0.2) is 11.8 Å². The summed E-state index contributed by atoms with van der Waals surface area (Å²) < 4.78 is 5.07. The zero-order valence-electron chi connectivity index (χ0n) is 16.7. The van der Waals surface area contributed by atoms with Gasteiger partial charge >= 0.3 is 5.97 Å². The van der Waals surface area contributed by atoms with E-state index in [0.29, 0.717) is 11.3 Å². The Morgan fingerprint density at radius 2 is 1.39 bits per heavy atom. The largest absolute Gasteiger partial charge is 0.423 e. The van der Waals surface area contributed by atoms with Crippen LogP contribution in [0.3, 0.4) is 0 Å². The van der Waals surface area contributed by atoms with Crippen molar-refractivity contribution in [3.05, 3.63) is 109 Å². The summed E-state index contributed by atoms with van der Waals surface area (Å²) in [5, 5.41) is 6.76. The van der Waals surface area contributed by atoms with Crippen molar-refractivity contribution in [2.45, 2.75) is 0 Å². The third-order valence-electron chi connectivity index (χ3n) is 5.49. The molecule has 0 fully saturated rings. The first-order valence-corrected chi connectivity index (χ1v) is 9.97. The summed E-state index contributed by atoms with van der Waals surface area (Å²) in [6.07, 6.45) is 4.46. The molecular formula is C28H18O3. The topological polar surface area (TPSA) is 43.4 Å². The first-order chi connectivity index (χ1) is 15.1. The Hall–Kier alpha value is -4.24. The molecule has 3 nitrogen and oxygen atoms in total. The van der Waals surface area contributed by atoms with E-state index in [1.165, 1.54) is 16.2 Å². The average molecular weight is 402 g/mol. The number of esters is 1. The third kappa shape index (κ3) is 3.36. The first kappa shape index (κ1) is 18.8.